The lowest BCUT2D eigenvalue weighted by atomic mass is 9.92. The first-order valence-electron chi connectivity index (χ1n) is 39.7. The van der Waals surface area contributed by atoms with Crippen LogP contribution >= 0.6 is 0 Å². The summed E-state index contributed by atoms with van der Waals surface area (Å²) in [6, 6.07) is 31.0. The van der Waals surface area contributed by atoms with Gasteiger partial charge in [0.2, 0.25) is 0 Å². The second-order valence-electron chi connectivity index (χ2n) is 27.3. The zero-order chi connectivity index (χ0) is 103. The summed E-state index contributed by atoms with van der Waals surface area (Å²) in [4.78, 5) is 252. The smallest absolute Gasteiger partial charge is 0.448 e. The molecule has 0 spiro atoms. The largest absolute Gasteiger partial charge is 0.513 e. The van der Waals surface area contributed by atoms with Crippen molar-refractivity contribution in [2.24, 2.45) is 5.41 Å². The quantitative estimate of drug-likeness (QED) is 0.0112. The Morgan fingerprint density at radius 3 is 0.390 bits per heavy atom. The number of nitro benzene ring substituents is 8. The number of hydrogen-bond acceptors (Lipinski definition) is 48. The van der Waals surface area contributed by atoms with E-state index in [1.165, 1.54) is 0 Å². The molecular formula is C81H72N12O48. The van der Waals surface area contributed by atoms with Gasteiger partial charge in [-0.1, -0.05) is 0 Å². The van der Waals surface area contributed by atoms with Crippen LogP contribution < -0.4 is 37.9 Å². The highest BCUT2D eigenvalue weighted by molar-refractivity contribution is 5.73. The topological polar surface area (TPSA) is 748 Å². The van der Waals surface area contributed by atoms with Gasteiger partial charge in [0.05, 0.1) is 91.7 Å². The molecule has 4 amide bonds. The van der Waals surface area contributed by atoms with Gasteiger partial charge in [0.15, 0.2) is 0 Å². The minimum absolute atomic E-state index is 0.325. The molecule has 0 unspecified atom stereocenters. The third-order valence-electron chi connectivity index (χ3n) is 17.7. The van der Waals surface area contributed by atoms with Crippen molar-refractivity contribution in [2.45, 2.75) is 0 Å². The van der Waals surface area contributed by atoms with E-state index in [0.717, 1.165) is 194 Å². The summed E-state index contributed by atoms with van der Waals surface area (Å²) >= 11 is 0. The average molecular weight is 1980 g/mol. The molecule has 8 rings (SSSR count). The van der Waals surface area contributed by atoms with Crippen LogP contribution in [0.15, 0.2) is 194 Å². The SMILES string of the molecule is O=C(OCCN(CCOC(=O)Oc1ccc([N+](=O)[O-])cc1)C(=O)OCC(COC(=O)N(CCOC(=O)Oc1ccc([N+](=O)[O-])cc1)CCOC(=O)Oc1ccc([N+](=O)[O-])cc1)(COC(=O)N(CCOC(=O)Oc1ccc([N+](=O)[O-])cc1)CCOC(=O)Oc1ccc([N+](=O)[O-])cc1)COC(=O)N(CCOC(=O)Oc1ccc([N+](=O)[O-])cc1)CCOC(=O)Oc1ccc([N+](=O)[O-])cc1)Oc1ccc([N+](=O)[O-])cc1. The normalized spacial score (nSPS) is 10.5. The van der Waals surface area contributed by atoms with E-state index >= 15 is 19.2 Å². The van der Waals surface area contributed by atoms with Crippen molar-refractivity contribution in [3.63, 3.8) is 0 Å². The Morgan fingerprint density at radius 2 is 0.291 bits per heavy atom. The molecule has 0 bridgehead atoms. The fourth-order valence-electron chi connectivity index (χ4n) is 10.7. The lowest BCUT2D eigenvalue weighted by molar-refractivity contribution is -0.385. The standard InChI is InChI=1S/C81H72N12O48/c94-69(82(33-41-122-73(98)134-61-17-1-53(2-18-61)86(106)107)34-42-123-74(99)135-62-19-3-54(4-20-62)87(108)109)130-49-81(50-131-70(95)83(35-43-124-75(100)136-63-21-5-55(6-22-63)88(110)111)36-44-125-76(101)137-64-23-7-56(8-24-64)89(112)113,51-132-71(96)84(37-45-126-77(102)138-65-25-9-57(10-26-65)90(114)115)38-46-127-78(103)139-66-27-11-58(12-28-66)91(116)117)52-133-72(97)85(39-47-128-79(104)140-67-29-13-59(14-30-67)92(118)119)40-48-129-80(105)141-68-31-15-60(16-32-68)93(120)121/h1-32H,33-52H2. The van der Waals surface area contributed by atoms with Gasteiger partial charge in [0.1, 0.15) is 131 Å². The number of nitrogens with zero attached hydrogens (tertiary/aromatic N) is 12. The van der Waals surface area contributed by atoms with Crippen LogP contribution in [0.25, 0.3) is 0 Å². The Morgan fingerprint density at radius 1 is 0.184 bits per heavy atom. The van der Waals surface area contributed by atoms with Crippen LogP contribution in [0.3, 0.4) is 0 Å². The first kappa shape index (κ1) is 107. The van der Waals surface area contributed by atoms with E-state index in [1.807, 2.05) is 0 Å². The molecule has 0 radical (unpaired) electrons. The van der Waals surface area contributed by atoms with Crippen LogP contribution in [-0.2, 0) is 56.8 Å². The Bertz CT molecular complexity index is 4770. The van der Waals surface area contributed by atoms with Gasteiger partial charge in [-0.05, 0) is 97.1 Å². The van der Waals surface area contributed by atoms with Crippen LogP contribution in [0, 0.1) is 86.3 Å². The molecule has 0 N–H and O–H groups in total. The second kappa shape index (κ2) is 53.8. The van der Waals surface area contributed by atoms with Crippen molar-refractivity contribution in [1.29, 1.82) is 0 Å². The van der Waals surface area contributed by atoms with E-state index in [2.05, 4.69) is 0 Å². The second-order valence-corrected chi connectivity index (χ2v) is 27.3. The fourth-order valence-corrected chi connectivity index (χ4v) is 10.7. The number of carbonyl (C=O) groups excluding carboxylic acids is 12. The van der Waals surface area contributed by atoms with Gasteiger partial charge in [-0.15, -0.1) is 0 Å². The number of ether oxygens (including phenoxy) is 20. The van der Waals surface area contributed by atoms with Crippen LogP contribution in [0.2, 0.25) is 0 Å². The number of rotatable bonds is 48. The van der Waals surface area contributed by atoms with Crippen molar-refractivity contribution in [1.82, 2.24) is 19.6 Å². The van der Waals surface area contributed by atoms with Gasteiger partial charge in [-0.25, -0.2) is 57.5 Å². The molecule has 0 saturated heterocycles. The summed E-state index contributed by atoms with van der Waals surface area (Å²) in [5, 5.41) is 90.9. The molecule has 0 atom stereocenters. The molecule has 744 valence electrons. The summed E-state index contributed by atoms with van der Waals surface area (Å²) in [5.74, 6) is -2.60. The highest BCUT2D eigenvalue weighted by Gasteiger charge is 2.41. The van der Waals surface area contributed by atoms with E-state index in [4.69, 9.17) is 94.7 Å². The number of nitro groups is 8. The predicted molar refractivity (Wildman–Crippen MR) is 455 cm³/mol. The van der Waals surface area contributed by atoms with Crippen LogP contribution in [0.5, 0.6) is 46.0 Å². The third kappa shape index (κ3) is 37.3. The van der Waals surface area contributed by atoms with Crippen molar-refractivity contribution < 1.29 is 192 Å². The van der Waals surface area contributed by atoms with E-state index in [-0.39, 0.29) is 46.0 Å². The van der Waals surface area contributed by atoms with Crippen LogP contribution in [0.4, 0.5) is 103 Å². The van der Waals surface area contributed by atoms with Gasteiger partial charge in [-0.3, -0.25) is 80.9 Å². The molecule has 0 heterocycles. The molecule has 0 aliphatic carbocycles. The number of carbonyl (C=O) groups is 12. The molecule has 60 heteroatoms. The first-order valence-corrected chi connectivity index (χ1v) is 39.7. The summed E-state index contributed by atoms with van der Waals surface area (Å²) in [5.41, 5.74) is -6.31. The van der Waals surface area contributed by atoms with Crippen molar-refractivity contribution >= 4 is 119 Å². The maximum Gasteiger partial charge on any atom is 0.513 e. The van der Waals surface area contributed by atoms with Gasteiger partial charge in [0, 0.05) is 97.1 Å². The van der Waals surface area contributed by atoms with E-state index in [0.29, 0.717) is 19.6 Å². The number of amides is 4. The zero-order valence-electron chi connectivity index (χ0n) is 72.1. The monoisotopic (exact) mass is 1980 g/mol. The first-order chi connectivity index (χ1) is 67.3. The molecule has 0 aliphatic rings. The summed E-state index contributed by atoms with van der Waals surface area (Å²) in [6.45, 7) is -20.3. The van der Waals surface area contributed by atoms with E-state index < -0.39 is 296 Å². The molecule has 60 nitrogen and oxygen atoms in total. The minimum Gasteiger partial charge on any atom is -0.448 e. The summed E-state index contributed by atoms with van der Waals surface area (Å²) in [7, 11) is 0. The van der Waals surface area contributed by atoms with Gasteiger partial charge < -0.3 is 114 Å². The van der Waals surface area contributed by atoms with E-state index in [1.54, 1.807) is 0 Å². The minimum atomic E-state index is -2.79. The molecular weight excluding hydrogens is 1910 g/mol. The number of hydrogen-bond donors (Lipinski definition) is 0. The molecule has 8 aromatic rings. The lowest BCUT2D eigenvalue weighted by Crippen LogP contribution is -2.49. The Labute approximate surface area is 785 Å². The predicted octanol–water partition coefficient (Wildman–Crippen LogP) is 12.7. The zero-order valence-corrected chi connectivity index (χ0v) is 72.1. The Kier molecular flexibility index (Phi) is 40.6. The van der Waals surface area contributed by atoms with Crippen molar-refractivity contribution in [3.05, 3.63) is 275 Å². The van der Waals surface area contributed by atoms with Crippen molar-refractivity contribution in [2.75, 3.05) is 132 Å². The third-order valence-corrected chi connectivity index (χ3v) is 17.7. The maximum absolute atomic E-state index is 15.0. The fraction of sp³-hybridized carbons (Fsp3) is 0.259. The Balaban J connectivity index is 1.20. The van der Waals surface area contributed by atoms with Crippen LogP contribution in [-0.4, -0.2) is 264 Å². The summed E-state index contributed by atoms with van der Waals surface area (Å²) in [6.07, 6.45) is -18.8. The molecule has 0 fully saturated rings. The van der Waals surface area contributed by atoms with Gasteiger partial charge >= 0.3 is 73.6 Å². The van der Waals surface area contributed by atoms with Gasteiger partial charge in [0.25, 0.3) is 45.5 Å². The molecule has 0 aromatic heterocycles. The van der Waals surface area contributed by atoms with Crippen molar-refractivity contribution in [3.8, 4) is 46.0 Å². The maximum atomic E-state index is 15.0. The molecule has 8 aromatic carbocycles. The average Bonchev–Trinajstić information content (AvgIpc) is 0.830. The molecule has 0 aliphatic heterocycles. The lowest BCUT2D eigenvalue weighted by Gasteiger charge is -2.34. The molecule has 0 saturated carbocycles. The summed E-state index contributed by atoms with van der Waals surface area (Å²) < 4.78 is 106. The molecule has 141 heavy (non-hydrogen) atoms. The number of benzene rings is 8. The highest BCUT2D eigenvalue weighted by atomic mass is 16.8. The Hall–Kier alpha value is -19.8. The number of non-ortho nitro benzene ring substituents is 8. The highest BCUT2D eigenvalue weighted by Crippen LogP contribution is 2.29. The van der Waals surface area contributed by atoms with Gasteiger partial charge in [-0.2, -0.15) is 0 Å². The van der Waals surface area contributed by atoms with Crippen LogP contribution in [0.1, 0.15) is 0 Å². The van der Waals surface area contributed by atoms with E-state index in [9.17, 15) is 119 Å².